The standard InChI is InChI=1S/C25H34N2O2/c1-17-6-8-18(9-7-17)24(19-10-12-20(13-11-19)26(2)3)22-15-14-21(27(4)5)16-23(22)25(28)29/h6,10-15,18,21-23H,7-9,16H2,1-5H3/p+1. The first-order valence-electron chi connectivity index (χ1n) is 10.7. The maximum Gasteiger partial charge on any atom is 0.307 e. The average Bonchev–Trinajstić information content (AvgIpc) is 2.70. The van der Waals surface area contributed by atoms with Crippen LogP contribution in [0.4, 0.5) is 0 Å². The number of likely N-dealkylation sites (N-methyl/N-ethyl adjacent to an activating group) is 1. The molecule has 3 aliphatic rings. The van der Waals surface area contributed by atoms with Crippen LogP contribution in [0.2, 0.25) is 0 Å². The van der Waals surface area contributed by atoms with Crippen LogP contribution < -0.4 is 0 Å². The fourth-order valence-electron chi connectivity index (χ4n) is 4.73. The normalized spacial score (nSPS) is 29.2. The molecule has 0 aromatic heterocycles. The van der Waals surface area contributed by atoms with Gasteiger partial charge in [-0.25, -0.2) is 4.58 Å². The zero-order valence-electron chi connectivity index (χ0n) is 18.4. The summed E-state index contributed by atoms with van der Waals surface area (Å²) in [5.74, 6) is -0.721. The Morgan fingerprint density at radius 1 is 1.14 bits per heavy atom. The number of carbonyl (C=O) groups is 1. The zero-order valence-corrected chi connectivity index (χ0v) is 18.4. The molecule has 0 amide bonds. The van der Waals surface area contributed by atoms with Crippen molar-refractivity contribution in [1.82, 2.24) is 4.90 Å². The lowest BCUT2D eigenvalue weighted by Gasteiger charge is -2.37. The summed E-state index contributed by atoms with van der Waals surface area (Å²) >= 11 is 0. The number of nitrogens with zero attached hydrogens (tertiary/aromatic N) is 2. The molecule has 0 bridgehead atoms. The third-order valence-electron chi connectivity index (χ3n) is 6.60. The van der Waals surface area contributed by atoms with Gasteiger partial charge < -0.3 is 10.0 Å². The van der Waals surface area contributed by atoms with Crippen LogP contribution in [0, 0.1) is 17.8 Å². The van der Waals surface area contributed by atoms with Gasteiger partial charge in [-0.2, -0.15) is 0 Å². The number of hydrogen-bond donors (Lipinski definition) is 1. The van der Waals surface area contributed by atoms with E-state index in [1.165, 1.54) is 16.7 Å². The smallest absolute Gasteiger partial charge is 0.307 e. The molecule has 0 saturated carbocycles. The Bertz CT molecular complexity index is 817. The van der Waals surface area contributed by atoms with Crippen molar-refractivity contribution < 1.29 is 14.5 Å². The van der Waals surface area contributed by atoms with E-state index >= 15 is 0 Å². The summed E-state index contributed by atoms with van der Waals surface area (Å²) in [6.45, 7) is 2.20. The molecule has 0 aliphatic heterocycles. The summed E-state index contributed by atoms with van der Waals surface area (Å²) in [6, 6.07) is 0.179. The highest BCUT2D eigenvalue weighted by atomic mass is 16.4. The number of aliphatic carboxylic acids is 1. The maximum atomic E-state index is 12.3. The van der Waals surface area contributed by atoms with Gasteiger partial charge in [0.15, 0.2) is 5.71 Å². The zero-order chi connectivity index (χ0) is 21.1. The van der Waals surface area contributed by atoms with Crippen molar-refractivity contribution >= 4 is 11.7 Å². The number of allylic oxidation sites excluding steroid dienone is 9. The van der Waals surface area contributed by atoms with E-state index in [4.69, 9.17) is 0 Å². The Hall–Kier alpha value is -2.20. The van der Waals surface area contributed by atoms with E-state index in [0.29, 0.717) is 12.3 Å². The van der Waals surface area contributed by atoms with Gasteiger partial charge in [0.25, 0.3) is 0 Å². The average molecular weight is 396 g/mol. The quantitative estimate of drug-likeness (QED) is 0.576. The summed E-state index contributed by atoms with van der Waals surface area (Å²) < 4.78 is 2.10. The fourth-order valence-corrected chi connectivity index (χ4v) is 4.73. The summed E-state index contributed by atoms with van der Waals surface area (Å²) in [4.78, 5) is 14.4. The molecule has 29 heavy (non-hydrogen) atoms. The highest BCUT2D eigenvalue weighted by Gasteiger charge is 2.38. The minimum Gasteiger partial charge on any atom is -0.481 e. The van der Waals surface area contributed by atoms with Crippen molar-refractivity contribution in [2.75, 3.05) is 28.2 Å². The highest BCUT2D eigenvalue weighted by molar-refractivity contribution is 6.02. The largest absolute Gasteiger partial charge is 0.481 e. The third-order valence-corrected chi connectivity index (χ3v) is 6.60. The van der Waals surface area contributed by atoms with Crippen molar-refractivity contribution in [1.29, 1.82) is 0 Å². The molecular weight excluding hydrogens is 360 g/mol. The molecule has 0 saturated heterocycles. The lowest BCUT2D eigenvalue weighted by Crippen LogP contribution is -2.38. The van der Waals surface area contributed by atoms with Gasteiger partial charge in [-0.05, 0) is 70.3 Å². The van der Waals surface area contributed by atoms with Gasteiger partial charge in [-0.3, -0.25) is 4.79 Å². The second-order valence-corrected chi connectivity index (χ2v) is 9.04. The minimum atomic E-state index is -0.684. The Morgan fingerprint density at radius 3 is 2.34 bits per heavy atom. The van der Waals surface area contributed by atoms with E-state index in [2.05, 4.69) is 58.9 Å². The van der Waals surface area contributed by atoms with E-state index in [0.717, 1.165) is 25.0 Å². The van der Waals surface area contributed by atoms with Gasteiger partial charge in [-0.15, -0.1) is 0 Å². The first-order valence-corrected chi connectivity index (χ1v) is 10.7. The van der Waals surface area contributed by atoms with E-state index < -0.39 is 5.97 Å². The van der Waals surface area contributed by atoms with Crippen LogP contribution in [0.3, 0.4) is 0 Å². The molecule has 4 nitrogen and oxygen atoms in total. The second-order valence-electron chi connectivity index (χ2n) is 9.04. The van der Waals surface area contributed by atoms with E-state index in [1.807, 2.05) is 28.2 Å². The van der Waals surface area contributed by atoms with Crippen LogP contribution >= 0.6 is 0 Å². The molecule has 0 radical (unpaired) electrons. The van der Waals surface area contributed by atoms with Crippen LogP contribution in [-0.2, 0) is 4.79 Å². The molecule has 4 heteroatoms. The monoisotopic (exact) mass is 395 g/mol. The third kappa shape index (κ3) is 4.87. The fraction of sp³-hybridized carbons (Fsp3) is 0.520. The summed E-state index contributed by atoms with van der Waals surface area (Å²) in [7, 11) is 8.13. The predicted octanol–water partition coefficient (Wildman–Crippen LogP) is 4.08. The van der Waals surface area contributed by atoms with Crippen LogP contribution in [0.15, 0.2) is 59.3 Å². The predicted molar refractivity (Wildman–Crippen MR) is 119 cm³/mol. The van der Waals surface area contributed by atoms with Gasteiger partial charge in [0, 0.05) is 24.1 Å². The Balaban J connectivity index is 2.06. The summed E-state index contributed by atoms with van der Waals surface area (Å²) in [6.07, 6.45) is 19.2. The van der Waals surface area contributed by atoms with Crippen LogP contribution in [-0.4, -0.2) is 60.5 Å². The highest BCUT2D eigenvalue weighted by Crippen LogP contribution is 2.42. The lowest BCUT2D eigenvalue weighted by atomic mass is 9.69. The summed E-state index contributed by atoms with van der Waals surface area (Å²) in [5, 5.41) is 10.1. The van der Waals surface area contributed by atoms with Gasteiger partial charge in [-0.1, -0.05) is 29.4 Å². The maximum absolute atomic E-state index is 12.3. The molecule has 0 spiro atoms. The molecule has 4 unspecified atom stereocenters. The molecule has 156 valence electrons. The SMILES string of the molecule is CC1=CCC(C(=C2C=CC(=[N+](C)C)C=C2)C2C=CC(N(C)C)CC2C(=O)O)CC1. The Kier molecular flexibility index (Phi) is 6.74. The first-order chi connectivity index (χ1) is 13.8. The number of hydrogen-bond acceptors (Lipinski definition) is 2. The number of carboxylic acids is 1. The van der Waals surface area contributed by atoms with Crippen molar-refractivity contribution in [2.45, 2.75) is 38.6 Å². The molecule has 0 heterocycles. The van der Waals surface area contributed by atoms with Crippen LogP contribution in [0.25, 0.3) is 0 Å². The van der Waals surface area contributed by atoms with Gasteiger partial charge >= 0.3 is 5.97 Å². The van der Waals surface area contributed by atoms with Crippen LogP contribution in [0.1, 0.15) is 32.6 Å². The Labute approximate surface area is 175 Å². The summed E-state index contributed by atoms with van der Waals surface area (Å²) in [5.41, 5.74) is 5.11. The Morgan fingerprint density at radius 2 is 1.83 bits per heavy atom. The van der Waals surface area contributed by atoms with Crippen molar-refractivity contribution in [2.24, 2.45) is 17.8 Å². The molecule has 3 rings (SSSR count). The van der Waals surface area contributed by atoms with Crippen molar-refractivity contribution in [3.63, 3.8) is 0 Å². The van der Waals surface area contributed by atoms with E-state index in [1.54, 1.807) is 0 Å². The molecule has 4 atom stereocenters. The topological polar surface area (TPSA) is 43.5 Å². The lowest BCUT2D eigenvalue weighted by molar-refractivity contribution is -0.462. The number of carboxylic acid groups (broad SMARTS) is 1. The second kappa shape index (κ2) is 9.08. The molecule has 1 N–H and O–H groups in total. The van der Waals surface area contributed by atoms with E-state index in [9.17, 15) is 9.90 Å². The number of rotatable bonds is 4. The molecule has 0 aromatic rings. The van der Waals surface area contributed by atoms with Gasteiger partial charge in [0.1, 0.15) is 14.1 Å². The minimum absolute atomic E-state index is 0.0503. The van der Waals surface area contributed by atoms with Gasteiger partial charge in [0.2, 0.25) is 0 Å². The van der Waals surface area contributed by atoms with Crippen LogP contribution in [0.5, 0.6) is 0 Å². The van der Waals surface area contributed by atoms with Crippen molar-refractivity contribution in [3.8, 4) is 0 Å². The first kappa shape index (κ1) is 21.5. The molecule has 0 fully saturated rings. The molecule has 0 aromatic carbocycles. The van der Waals surface area contributed by atoms with E-state index in [-0.39, 0.29) is 17.9 Å². The molecular formula is C25H35N2O2+. The molecule has 3 aliphatic carbocycles. The van der Waals surface area contributed by atoms with Crippen molar-refractivity contribution in [3.05, 3.63) is 59.3 Å². The van der Waals surface area contributed by atoms with Gasteiger partial charge in [0.05, 0.1) is 5.92 Å².